The van der Waals surface area contributed by atoms with Crippen LogP contribution in [0.5, 0.6) is 11.5 Å². The van der Waals surface area contributed by atoms with E-state index in [9.17, 15) is 0 Å². The Morgan fingerprint density at radius 2 is 1.94 bits per heavy atom. The number of nitrogens with zero attached hydrogens (tertiary/aromatic N) is 2. The zero-order valence-electron chi connectivity index (χ0n) is 17.7. The molecule has 1 atom stereocenters. The molecule has 1 unspecified atom stereocenters. The average Bonchev–Trinajstić information content (AvgIpc) is 3.18. The second-order valence-corrected chi connectivity index (χ2v) is 8.27. The second kappa shape index (κ2) is 9.75. The van der Waals surface area contributed by atoms with Crippen LogP contribution in [0.15, 0.2) is 65.7 Å². The molecule has 0 bridgehead atoms. The Labute approximate surface area is 187 Å². The van der Waals surface area contributed by atoms with E-state index in [0.29, 0.717) is 0 Å². The van der Waals surface area contributed by atoms with Crippen molar-refractivity contribution in [3.05, 3.63) is 71.9 Å². The minimum Gasteiger partial charge on any atom is -0.493 e. The maximum atomic E-state index is 7.12. The lowest BCUT2D eigenvalue weighted by Crippen LogP contribution is -2.14. The van der Waals surface area contributed by atoms with E-state index in [1.54, 1.807) is 26.2 Å². The number of hydrogen-bond donors (Lipinski definition) is 2. The molecule has 2 heterocycles. The Morgan fingerprint density at radius 1 is 1.13 bits per heavy atom. The molecule has 1 aromatic heterocycles. The first-order chi connectivity index (χ1) is 15.2. The molecule has 0 spiro atoms. The Morgan fingerprint density at radius 3 is 2.68 bits per heavy atom. The first kappa shape index (κ1) is 21.1. The molecule has 7 heteroatoms. The predicted octanol–water partition coefficient (Wildman–Crippen LogP) is 5.21. The average molecular weight is 435 g/mol. The van der Waals surface area contributed by atoms with E-state index in [0.717, 1.165) is 47.4 Å². The lowest BCUT2D eigenvalue weighted by Gasteiger charge is -2.18. The third kappa shape index (κ3) is 4.61. The topological polar surface area (TPSA) is 70.5 Å². The summed E-state index contributed by atoms with van der Waals surface area (Å²) < 4.78 is 13.2. The van der Waals surface area contributed by atoms with Crippen molar-refractivity contribution in [2.45, 2.75) is 17.2 Å². The molecule has 3 aromatic rings. The van der Waals surface area contributed by atoms with Gasteiger partial charge in [-0.2, -0.15) is 0 Å². The fourth-order valence-electron chi connectivity index (χ4n) is 3.73. The van der Waals surface area contributed by atoms with Crippen molar-refractivity contribution in [1.82, 2.24) is 4.98 Å². The molecule has 2 N–H and O–H groups in total. The van der Waals surface area contributed by atoms with Gasteiger partial charge in [0, 0.05) is 41.4 Å². The first-order valence-corrected chi connectivity index (χ1v) is 11.0. The van der Waals surface area contributed by atoms with Crippen LogP contribution in [0.3, 0.4) is 0 Å². The Hall–Kier alpha value is -3.19. The van der Waals surface area contributed by atoms with Crippen LogP contribution in [0.4, 0.5) is 11.5 Å². The number of fused-ring (bicyclic) bond motifs is 1. The second-order valence-electron chi connectivity index (χ2n) is 7.18. The van der Waals surface area contributed by atoms with Crippen LogP contribution in [0.25, 0.3) is 0 Å². The van der Waals surface area contributed by atoms with Crippen LogP contribution >= 0.6 is 11.9 Å². The molecule has 2 aromatic carbocycles. The van der Waals surface area contributed by atoms with Gasteiger partial charge in [-0.25, -0.2) is 4.98 Å². The maximum absolute atomic E-state index is 7.12. The van der Waals surface area contributed by atoms with Crippen LogP contribution in [0.1, 0.15) is 23.5 Å². The molecule has 0 amide bonds. The number of rotatable bonds is 9. The maximum Gasteiger partial charge on any atom is 0.161 e. The lowest BCUT2D eigenvalue weighted by molar-refractivity contribution is 0.354. The normalized spacial score (nSPS) is 14.8. The zero-order valence-corrected chi connectivity index (χ0v) is 18.5. The van der Waals surface area contributed by atoms with Gasteiger partial charge in [0.05, 0.1) is 14.2 Å². The molecular weight excluding hydrogens is 408 g/mol. The highest BCUT2D eigenvalue weighted by Gasteiger charge is 2.32. The summed E-state index contributed by atoms with van der Waals surface area (Å²) in [5.41, 5.74) is 3.46. The van der Waals surface area contributed by atoms with Crippen LogP contribution in [-0.2, 0) is 0 Å². The number of nitrogens with one attached hydrogen (secondary N) is 2. The van der Waals surface area contributed by atoms with Crippen LogP contribution in [0, 0.1) is 5.41 Å². The van der Waals surface area contributed by atoms with Gasteiger partial charge in [0.1, 0.15) is 5.82 Å². The van der Waals surface area contributed by atoms with Gasteiger partial charge in [-0.3, -0.25) is 4.31 Å². The van der Waals surface area contributed by atoms with Gasteiger partial charge < -0.3 is 20.2 Å². The monoisotopic (exact) mass is 434 g/mol. The quantitative estimate of drug-likeness (QED) is 0.274. The number of aromatic nitrogens is 1. The largest absolute Gasteiger partial charge is 0.493 e. The minimum atomic E-state index is 0.207. The zero-order chi connectivity index (χ0) is 21.6. The molecule has 6 nitrogen and oxygen atoms in total. The van der Waals surface area contributed by atoms with Crippen molar-refractivity contribution in [3.63, 3.8) is 0 Å². The molecule has 1 aliphatic heterocycles. The summed E-state index contributed by atoms with van der Waals surface area (Å²) in [5, 5.41) is 10.4. The van der Waals surface area contributed by atoms with Crippen molar-refractivity contribution >= 4 is 29.7 Å². The number of pyridine rings is 1. The summed E-state index contributed by atoms with van der Waals surface area (Å²) in [7, 11) is 3.32. The van der Waals surface area contributed by atoms with E-state index in [1.807, 2.05) is 18.3 Å². The van der Waals surface area contributed by atoms with E-state index in [2.05, 4.69) is 57.1 Å². The van der Waals surface area contributed by atoms with E-state index >= 15 is 0 Å². The highest BCUT2D eigenvalue weighted by Crippen LogP contribution is 2.45. The number of hydrogen-bond acceptors (Lipinski definition) is 7. The fourth-order valence-corrected chi connectivity index (χ4v) is 4.70. The summed E-state index contributed by atoms with van der Waals surface area (Å²) in [6.45, 7) is 1.60. The first-order valence-electron chi connectivity index (χ1n) is 10.2. The van der Waals surface area contributed by atoms with Gasteiger partial charge >= 0.3 is 0 Å². The summed E-state index contributed by atoms with van der Waals surface area (Å²) in [5.74, 6) is 2.68. The standard InChI is InChI=1S/C24H26N4O2S/c1-29-22-11-6-17(15-23(22)30-2)21-16-28(24-20(21)5-3-13-27-24)31-19-9-7-18(8-10-19)26-14-4-12-25/h3,5-13,15,21,25-26H,4,14,16H2,1-2H3. The molecule has 1 aliphatic rings. The minimum absolute atomic E-state index is 0.207. The Balaban J connectivity index is 1.54. The third-order valence-corrected chi connectivity index (χ3v) is 6.30. The molecule has 0 radical (unpaired) electrons. The molecule has 0 saturated heterocycles. The van der Waals surface area contributed by atoms with Crippen molar-refractivity contribution in [2.24, 2.45) is 0 Å². The highest BCUT2D eigenvalue weighted by atomic mass is 32.2. The molecule has 4 rings (SSSR count). The summed E-state index contributed by atoms with van der Waals surface area (Å²) in [4.78, 5) is 5.83. The molecule has 0 aliphatic carbocycles. The van der Waals surface area contributed by atoms with E-state index in [4.69, 9.17) is 14.9 Å². The Kier molecular flexibility index (Phi) is 6.62. The van der Waals surface area contributed by atoms with Crippen LogP contribution in [-0.4, -0.2) is 38.5 Å². The van der Waals surface area contributed by atoms with E-state index in [1.165, 1.54) is 17.3 Å². The number of methoxy groups -OCH3 is 2. The summed E-state index contributed by atoms with van der Waals surface area (Å²) in [6, 6.07) is 18.7. The van der Waals surface area contributed by atoms with Crippen molar-refractivity contribution in [1.29, 1.82) is 5.41 Å². The number of benzene rings is 2. The van der Waals surface area contributed by atoms with Gasteiger partial charge in [0.2, 0.25) is 0 Å². The third-order valence-electron chi connectivity index (χ3n) is 5.27. The molecule has 160 valence electrons. The van der Waals surface area contributed by atoms with Gasteiger partial charge in [-0.15, -0.1) is 0 Å². The highest BCUT2D eigenvalue weighted by molar-refractivity contribution is 8.00. The van der Waals surface area contributed by atoms with E-state index in [-0.39, 0.29) is 5.92 Å². The lowest BCUT2D eigenvalue weighted by atomic mass is 9.94. The smallest absolute Gasteiger partial charge is 0.161 e. The number of anilines is 2. The molecule has 0 saturated carbocycles. The summed E-state index contributed by atoms with van der Waals surface area (Å²) >= 11 is 1.70. The van der Waals surface area contributed by atoms with Crippen LogP contribution < -0.4 is 19.1 Å². The van der Waals surface area contributed by atoms with Gasteiger partial charge in [0.15, 0.2) is 11.5 Å². The summed E-state index contributed by atoms with van der Waals surface area (Å²) in [6.07, 6.45) is 3.99. The van der Waals surface area contributed by atoms with Gasteiger partial charge in [-0.1, -0.05) is 12.1 Å². The molecule has 0 fully saturated rings. The SMILES string of the molecule is COc1ccc(C2CN(Sc3ccc(NCCC=N)cc3)c3ncccc32)cc1OC. The Bertz CT molecular complexity index is 1040. The number of ether oxygens (including phenoxy) is 2. The predicted molar refractivity (Wildman–Crippen MR) is 127 cm³/mol. The van der Waals surface area contributed by atoms with Crippen molar-refractivity contribution < 1.29 is 9.47 Å². The van der Waals surface area contributed by atoms with Gasteiger partial charge in [0.25, 0.3) is 0 Å². The fraction of sp³-hybridized carbons (Fsp3) is 0.250. The molecule has 31 heavy (non-hydrogen) atoms. The van der Waals surface area contributed by atoms with Crippen LogP contribution in [0.2, 0.25) is 0 Å². The van der Waals surface area contributed by atoms with Gasteiger partial charge in [-0.05, 0) is 72.6 Å². The van der Waals surface area contributed by atoms with E-state index < -0.39 is 0 Å². The molecular formula is C24H26N4O2S. The van der Waals surface area contributed by atoms with Crippen molar-refractivity contribution in [2.75, 3.05) is 36.9 Å². The van der Waals surface area contributed by atoms with Crippen molar-refractivity contribution in [3.8, 4) is 11.5 Å².